The number of nitrogens with zero attached hydrogens (tertiary/aromatic N) is 2. The highest BCUT2D eigenvalue weighted by molar-refractivity contribution is 5.96. The van der Waals surface area contributed by atoms with Crippen LogP contribution in [0.15, 0.2) is 12.1 Å². The number of anilines is 1. The number of rotatable bonds is 9. The predicted octanol–water partition coefficient (Wildman–Crippen LogP) is 2.23. The fourth-order valence-corrected chi connectivity index (χ4v) is 5.96. The van der Waals surface area contributed by atoms with Crippen LogP contribution in [0.5, 0.6) is 0 Å². The molecule has 9 nitrogen and oxygen atoms in total. The van der Waals surface area contributed by atoms with Crippen molar-refractivity contribution in [1.82, 2.24) is 20.5 Å². The van der Waals surface area contributed by atoms with Crippen LogP contribution in [0.4, 0.5) is 5.82 Å². The summed E-state index contributed by atoms with van der Waals surface area (Å²) in [6.45, 7) is 2.74. The third-order valence-corrected chi connectivity index (χ3v) is 7.92. The molecule has 1 aromatic heterocycles. The molecule has 6 N–H and O–H groups in total. The largest absolute Gasteiger partial charge is 0.384 e. The number of carbonyl (C=O) groups excluding carboxylic acids is 3. The van der Waals surface area contributed by atoms with E-state index >= 15 is 0 Å². The summed E-state index contributed by atoms with van der Waals surface area (Å²) in [6, 6.07) is 3.10. The van der Waals surface area contributed by atoms with E-state index in [9.17, 15) is 14.4 Å². The van der Waals surface area contributed by atoms with E-state index in [0.717, 1.165) is 36.9 Å². The number of aryl methyl sites for hydroxylation is 1. The van der Waals surface area contributed by atoms with E-state index < -0.39 is 17.5 Å². The highest BCUT2D eigenvalue weighted by atomic mass is 35.5. The molecule has 0 aromatic carbocycles. The minimum Gasteiger partial charge on any atom is -0.384 e. The number of piperidine rings is 1. The van der Waals surface area contributed by atoms with Crippen LogP contribution in [0.25, 0.3) is 0 Å². The zero-order valence-electron chi connectivity index (χ0n) is 21.0. The Morgan fingerprint density at radius 2 is 1.86 bits per heavy atom. The lowest BCUT2D eigenvalue weighted by Gasteiger charge is -2.38. The van der Waals surface area contributed by atoms with Crippen molar-refractivity contribution in [2.45, 2.75) is 82.8 Å². The van der Waals surface area contributed by atoms with E-state index in [1.54, 1.807) is 11.0 Å². The summed E-state index contributed by atoms with van der Waals surface area (Å²) in [7, 11) is 0. The molecule has 2 aliphatic carbocycles. The van der Waals surface area contributed by atoms with Crippen molar-refractivity contribution in [2.24, 2.45) is 17.6 Å². The van der Waals surface area contributed by atoms with Crippen LogP contribution < -0.4 is 22.1 Å². The van der Waals surface area contributed by atoms with Gasteiger partial charge in [-0.3, -0.25) is 19.7 Å². The molecule has 3 aliphatic rings. The molecule has 1 saturated heterocycles. The smallest absolute Gasteiger partial charge is 0.246 e. The highest BCUT2D eigenvalue weighted by Crippen LogP contribution is 2.54. The fraction of sp³-hybridized carbons (Fsp3) is 0.680. The summed E-state index contributed by atoms with van der Waals surface area (Å²) < 4.78 is 0. The lowest BCUT2D eigenvalue weighted by molar-refractivity contribution is -0.146. The van der Waals surface area contributed by atoms with Crippen molar-refractivity contribution in [3.05, 3.63) is 23.4 Å². The quantitative estimate of drug-likeness (QED) is 0.376. The number of pyridine rings is 1. The number of hydrogen-bond donors (Lipinski definition) is 4. The maximum absolute atomic E-state index is 13.8. The molecular formula is C25H40Cl2N6O3. The summed E-state index contributed by atoms with van der Waals surface area (Å²) in [6.07, 6.45) is 9.01. The van der Waals surface area contributed by atoms with Crippen LogP contribution in [-0.4, -0.2) is 52.3 Å². The predicted molar refractivity (Wildman–Crippen MR) is 144 cm³/mol. The van der Waals surface area contributed by atoms with Gasteiger partial charge >= 0.3 is 0 Å². The number of nitrogens with one attached hydrogen (secondary N) is 2. The van der Waals surface area contributed by atoms with Crippen LogP contribution in [0.3, 0.4) is 0 Å². The first-order valence-electron chi connectivity index (χ1n) is 12.6. The molecule has 0 radical (unpaired) electrons. The van der Waals surface area contributed by atoms with Crippen molar-refractivity contribution >= 4 is 48.4 Å². The number of fused-ring (bicyclic) bond motifs is 1. The molecule has 3 atom stereocenters. The van der Waals surface area contributed by atoms with Gasteiger partial charge in [0.15, 0.2) is 0 Å². The van der Waals surface area contributed by atoms with Gasteiger partial charge in [-0.2, -0.15) is 0 Å². The molecule has 1 aromatic rings. The summed E-state index contributed by atoms with van der Waals surface area (Å²) in [5.41, 5.74) is 12.0. The molecular weight excluding hydrogens is 503 g/mol. The van der Waals surface area contributed by atoms with E-state index in [2.05, 4.69) is 15.6 Å². The Hall–Kier alpha value is -2.10. The SMILES string of the molecule is Cc1nc(N)ccc1CNC(=O)[C@]12C[C@H]1CCCN2C(=O)[C@@H](CC1CCCCC1)NCC(N)=O.Cl.Cl. The second-order valence-electron chi connectivity index (χ2n) is 10.3. The number of nitrogens with two attached hydrogens (primary N) is 2. The Labute approximate surface area is 225 Å². The molecule has 0 unspecified atom stereocenters. The Morgan fingerprint density at radius 3 is 2.53 bits per heavy atom. The average molecular weight is 544 g/mol. The maximum atomic E-state index is 13.8. The van der Waals surface area contributed by atoms with Crippen molar-refractivity contribution in [1.29, 1.82) is 0 Å². The Morgan fingerprint density at radius 1 is 1.14 bits per heavy atom. The van der Waals surface area contributed by atoms with Crippen molar-refractivity contribution in [3.8, 4) is 0 Å². The van der Waals surface area contributed by atoms with Crippen LogP contribution in [0.1, 0.15) is 69.0 Å². The van der Waals surface area contributed by atoms with E-state index in [4.69, 9.17) is 11.5 Å². The van der Waals surface area contributed by atoms with Gasteiger partial charge in [-0.15, -0.1) is 24.8 Å². The van der Waals surface area contributed by atoms with Crippen LogP contribution in [-0.2, 0) is 20.9 Å². The van der Waals surface area contributed by atoms with Crippen LogP contribution in [0, 0.1) is 18.8 Å². The van der Waals surface area contributed by atoms with Crippen LogP contribution in [0.2, 0.25) is 0 Å². The molecule has 0 bridgehead atoms. The van der Waals surface area contributed by atoms with Crippen molar-refractivity contribution < 1.29 is 14.4 Å². The standard InChI is InChI=1S/C25H38N6O3.2ClH/c1-16-18(9-10-21(26)30-16)14-29-24(34)25-13-19(25)8-5-11-31(25)23(33)20(28-15-22(27)32)12-17-6-3-2-4-7-17;;/h9-10,17,19-20,28H,2-8,11-15H2,1H3,(H2,26,30)(H2,27,32)(H,29,34);2*1H/t19-,20-,25+;;/m1../s1. The zero-order chi connectivity index (χ0) is 24.3. The fourth-order valence-electron chi connectivity index (χ4n) is 5.96. The van der Waals surface area contributed by atoms with Gasteiger partial charge in [0, 0.05) is 18.8 Å². The maximum Gasteiger partial charge on any atom is 0.246 e. The van der Waals surface area contributed by atoms with Gasteiger partial charge in [0.2, 0.25) is 17.7 Å². The molecule has 4 rings (SSSR count). The molecule has 11 heteroatoms. The summed E-state index contributed by atoms with van der Waals surface area (Å²) >= 11 is 0. The molecule has 2 saturated carbocycles. The molecule has 36 heavy (non-hydrogen) atoms. The molecule has 3 fully saturated rings. The first kappa shape index (κ1) is 30.1. The van der Waals surface area contributed by atoms with Gasteiger partial charge < -0.3 is 21.7 Å². The zero-order valence-corrected chi connectivity index (χ0v) is 22.6. The van der Waals surface area contributed by atoms with Gasteiger partial charge in [-0.05, 0) is 56.1 Å². The minimum atomic E-state index is -0.788. The van der Waals surface area contributed by atoms with E-state index in [-0.39, 0.29) is 49.1 Å². The monoisotopic (exact) mass is 542 g/mol. The Kier molecular flexibility index (Phi) is 10.8. The number of likely N-dealkylation sites (tertiary alicyclic amines) is 1. The molecule has 3 amide bonds. The third kappa shape index (κ3) is 6.61. The average Bonchev–Trinajstić information content (AvgIpc) is 3.57. The van der Waals surface area contributed by atoms with Crippen molar-refractivity contribution in [3.63, 3.8) is 0 Å². The number of primary amides is 1. The number of carbonyl (C=O) groups is 3. The first-order valence-corrected chi connectivity index (χ1v) is 12.6. The lowest BCUT2D eigenvalue weighted by atomic mass is 9.84. The van der Waals surface area contributed by atoms with E-state index in [1.165, 1.54) is 19.3 Å². The number of nitrogen functional groups attached to an aromatic ring is 1. The normalized spacial score (nSPS) is 23.9. The Bertz CT molecular complexity index is 942. The number of hydrogen-bond acceptors (Lipinski definition) is 6. The minimum absolute atomic E-state index is 0. The molecule has 1 aliphatic heterocycles. The summed E-state index contributed by atoms with van der Waals surface area (Å²) in [5, 5.41) is 6.17. The molecule has 2 heterocycles. The summed E-state index contributed by atoms with van der Waals surface area (Å²) in [4.78, 5) is 44.8. The number of aromatic nitrogens is 1. The van der Waals surface area contributed by atoms with Gasteiger partial charge in [-0.1, -0.05) is 38.2 Å². The molecule has 0 spiro atoms. The van der Waals surface area contributed by atoms with Gasteiger partial charge in [-0.25, -0.2) is 4.98 Å². The second-order valence-corrected chi connectivity index (χ2v) is 10.3. The third-order valence-electron chi connectivity index (χ3n) is 7.92. The highest BCUT2D eigenvalue weighted by Gasteiger charge is 2.66. The van der Waals surface area contributed by atoms with Gasteiger partial charge in [0.1, 0.15) is 11.4 Å². The van der Waals surface area contributed by atoms with Crippen molar-refractivity contribution in [2.75, 3.05) is 18.8 Å². The second kappa shape index (κ2) is 12.9. The van der Waals surface area contributed by atoms with E-state index in [0.29, 0.717) is 37.7 Å². The van der Waals surface area contributed by atoms with Gasteiger partial charge in [0.25, 0.3) is 0 Å². The first-order chi connectivity index (χ1) is 16.3. The number of halogens is 2. The lowest BCUT2D eigenvalue weighted by Crippen LogP contribution is -2.60. The van der Waals surface area contributed by atoms with Crippen LogP contribution >= 0.6 is 24.8 Å². The Balaban J connectivity index is 0.00000228. The number of amides is 3. The summed E-state index contributed by atoms with van der Waals surface area (Å²) in [5.74, 6) is 0.424. The molecule has 202 valence electrons. The van der Waals surface area contributed by atoms with Gasteiger partial charge in [0.05, 0.1) is 12.6 Å². The van der Waals surface area contributed by atoms with E-state index in [1.807, 2.05) is 13.0 Å². The topological polar surface area (TPSA) is 143 Å².